The minimum absolute atomic E-state index is 0.307. The quantitative estimate of drug-likeness (QED) is 0.553. The molecule has 12 heavy (non-hydrogen) atoms. The summed E-state index contributed by atoms with van der Waals surface area (Å²) in [6.45, 7) is 2.83. The van der Waals surface area contributed by atoms with Crippen LogP contribution in [0.3, 0.4) is 0 Å². The fraction of sp³-hybridized carbons (Fsp3) is 0.857. The maximum Gasteiger partial charge on any atom is 0.219 e. The first-order chi connectivity index (χ1) is 5.70. The summed E-state index contributed by atoms with van der Waals surface area (Å²) in [6, 6.07) is -0.414. The van der Waals surface area contributed by atoms with Crippen LogP contribution in [0.4, 0.5) is 4.39 Å². The van der Waals surface area contributed by atoms with Crippen LogP contribution in [0.5, 0.6) is 0 Å². The highest BCUT2D eigenvalue weighted by Crippen LogP contribution is 2.00. The van der Waals surface area contributed by atoms with E-state index in [1.165, 1.54) is 6.92 Å². The van der Waals surface area contributed by atoms with E-state index in [0.717, 1.165) is 0 Å². The largest absolute Gasteiger partial charge is 0.378 e. The van der Waals surface area contributed by atoms with Gasteiger partial charge in [0.2, 0.25) is 5.91 Å². The Bertz CT molecular complexity index is 159. The summed E-state index contributed by atoms with van der Waals surface area (Å²) in [5, 5.41) is 5.07. The fourth-order valence-corrected chi connectivity index (χ4v) is 1.07. The number of hydrogen-bond acceptors (Lipinski definition) is 3. The third-order valence-corrected chi connectivity index (χ3v) is 1.64. The molecule has 0 spiro atoms. The van der Waals surface area contributed by atoms with Gasteiger partial charge in [-0.2, -0.15) is 0 Å². The average Bonchev–Trinajstić information content (AvgIpc) is 2.05. The van der Waals surface area contributed by atoms with Crippen LogP contribution >= 0.6 is 0 Å². The summed E-state index contributed by atoms with van der Waals surface area (Å²) in [7, 11) is 0. The Kier molecular flexibility index (Phi) is 3.43. The lowest BCUT2D eigenvalue weighted by molar-refractivity contribution is -0.121. The number of carbonyl (C=O) groups excluding carboxylic acids is 1. The first-order valence-electron chi connectivity index (χ1n) is 3.92. The molecule has 0 bridgehead atoms. The summed E-state index contributed by atoms with van der Waals surface area (Å²) in [6.07, 6.45) is -1.36. The zero-order valence-electron chi connectivity index (χ0n) is 6.97. The third-order valence-electron chi connectivity index (χ3n) is 1.64. The van der Waals surface area contributed by atoms with Crippen LogP contribution in [0.2, 0.25) is 0 Å². The minimum Gasteiger partial charge on any atom is -0.378 e. The van der Waals surface area contributed by atoms with E-state index in [-0.39, 0.29) is 5.91 Å². The highest BCUT2D eigenvalue weighted by molar-refractivity contribution is 5.73. The van der Waals surface area contributed by atoms with Crippen LogP contribution in [0.1, 0.15) is 6.92 Å². The zero-order chi connectivity index (χ0) is 8.97. The van der Waals surface area contributed by atoms with Gasteiger partial charge in [0.1, 0.15) is 0 Å². The summed E-state index contributed by atoms with van der Waals surface area (Å²) in [5.74, 6) is -0.366. The van der Waals surface area contributed by atoms with Crippen LogP contribution in [-0.4, -0.2) is 38.0 Å². The molecule has 2 atom stereocenters. The Morgan fingerprint density at radius 1 is 1.83 bits per heavy atom. The van der Waals surface area contributed by atoms with E-state index >= 15 is 0 Å². The SMILES string of the molecule is CC(=O)NC(F)C1COCCN1. The Balaban J connectivity index is 2.29. The van der Waals surface area contributed by atoms with Crippen molar-refractivity contribution < 1.29 is 13.9 Å². The number of ether oxygens (including phenoxy) is 1. The van der Waals surface area contributed by atoms with Crippen molar-refractivity contribution in [3.05, 3.63) is 0 Å². The topological polar surface area (TPSA) is 50.4 Å². The number of morpholine rings is 1. The third kappa shape index (κ3) is 2.75. The van der Waals surface area contributed by atoms with Gasteiger partial charge in [-0.05, 0) is 0 Å². The highest BCUT2D eigenvalue weighted by atomic mass is 19.1. The smallest absolute Gasteiger partial charge is 0.219 e. The van der Waals surface area contributed by atoms with E-state index in [1.54, 1.807) is 0 Å². The Morgan fingerprint density at radius 2 is 2.58 bits per heavy atom. The molecule has 1 aliphatic rings. The fourth-order valence-electron chi connectivity index (χ4n) is 1.07. The second-order valence-electron chi connectivity index (χ2n) is 2.74. The number of halogens is 1. The van der Waals surface area contributed by atoms with Crippen LogP contribution in [0.15, 0.2) is 0 Å². The van der Waals surface area contributed by atoms with Crippen molar-refractivity contribution in [1.82, 2.24) is 10.6 Å². The van der Waals surface area contributed by atoms with Crippen molar-refractivity contribution >= 4 is 5.91 Å². The number of nitrogens with one attached hydrogen (secondary N) is 2. The number of carbonyl (C=O) groups is 1. The van der Waals surface area contributed by atoms with Gasteiger partial charge in [0, 0.05) is 13.5 Å². The van der Waals surface area contributed by atoms with Gasteiger partial charge in [0.15, 0.2) is 6.30 Å². The Morgan fingerprint density at radius 3 is 3.08 bits per heavy atom. The first-order valence-corrected chi connectivity index (χ1v) is 3.92. The highest BCUT2D eigenvalue weighted by Gasteiger charge is 2.23. The molecule has 2 unspecified atom stereocenters. The van der Waals surface area contributed by atoms with E-state index < -0.39 is 12.3 Å². The molecule has 0 aromatic heterocycles. The molecule has 1 fully saturated rings. The Hall–Kier alpha value is -0.680. The molecule has 1 aliphatic heterocycles. The molecule has 70 valence electrons. The molecule has 5 heteroatoms. The number of alkyl halides is 1. The van der Waals surface area contributed by atoms with E-state index in [0.29, 0.717) is 19.8 Å². The van der Waals surface area contributed by atoms with Gasteiger partial charge < -0.3 is 15.4 Å². The van der Waals surface area contributed by atoms with Gasteiger partial charge in [0.25, 0.3) is 0 Å². The maximum absolute atomic E-state index is 13.1. The van der Waals surface area contributed by atoms with Crippen molar-refractivity contribution in [3.63, 3.8) is 0 Å². The summed E-state index contributed by atoms with van der Waals surface area (Å²) in [4.78, 5) is 10.5. The molecular weight excluding hydrogens is 163 g/mol. The van der Waals surface area contributed by atoms with Gasteiger partial charge in [-0.25, -0.2) is 4.39 Å². The van der Waals surface area contributed by atoms with E-state index in [2.05, 4.69) is 10.6 Å². The van der Waals surface area contributed by atoms with Crippen molar-refractivity contribution in [1.29, 1.82) is 0 Å². The predicted molar refractivity (Wildman–Crippen MR) is 41.3 cm³/mol. The summed E-state index contributed by atoms with van der Waals surface area (Å²) >= 11 is 0. The number of rotatable bonds is 2. The summed E-state index contributed by atoms with van der Waals surface area (Å²) < 4.78 is 18.1. The molecule has 0 radical (unpaired) electrons. The molecule has 1 amide bonds. The molecule has 0 aromatic carbocycles. The molecule has 1 rings (SSSR count). The summed E-state index contributed by atoms with van der Waals surface area (Å²) in [5.41, 5.74) is 0. The van der Waals surface area contributed by atoms with Gasteiger partial charge in [-0.3, -0.25) is 4.79 Å². The lowest BCUT2D eigenvalue weighted by Crippen LogP contribution is -2.53. The van der Waals surface area contributed by atoms with Gasteiger partial charge in [0.05, 0.1) is 19.3 Å². The van der Waals surface area contributed by atoms with E-state index in [1.807, 2.05) is 0 Å². The molecule has 4 nitrogen and oxygen atoms in total. The molecule has 2 N–H and O–H groups in total. The van der Waals surface area contributed by atoms with Crippen LogP contribution in [0.25, 0.3) is 0 Å². The normalized spacial score (nSPS) is 26.3. The van der Waals surface area contributed by atoms with Crippen LogP contribution < -0.4 is 10.6 Å². The van der Waals surface area contributed by atoms with Gasteiger partial charge in [-0.1, -0.05) is 0 Å². The van der Waals surface area contributed by atoms with Crippen molar-refractivity contribution in [2.45, 2.75) is 19.3 Å². The Labute approximate surface area is 70.5 Å². The molecule has 0 aromatic rings. The van der Waals surface area contributed by atoms with E-state index in [9.17, 15) is 9.18 Å². The van der Waals surface area contributed by atoms with Crippen molar-refractivity contribution in [2.75, 3.05) is 19.8 Å². The lowest BCUT2D eigenvalue weighted by atomic mass is 10.2. The molecule has 1 saturated heterocycles. The van der Waals surface area contributed by atoms with E-state index in [4.69, 9.17) is 4.74 Å². The second kappa shape index (κ2) is 4.37. The van der Waals surface area contributed by atoms with Crippen molar-refractivity contribution in [2.24, 2.45) is 0 Å². The zero-order valence-corrected chi connectivity index (χ0v) is 6.97. The first kappa shape index (κ1) is 9.41. The van der Waals surface area contributed by atoms with Crippen molar-refractivity contribution in [3.8, 4) is 0 Å². The number of hydrogen-bond donors (Lipinski definition) is 2. The van der Waals surface area contributed by atoms with Gasteiger partial charge in [-0.15, -0.1) is 0 Å². The van der Waals surface area contributed by atoms with Gasteiger partial charge >= 0.3 is 0 Å². The maximum atomic E-state index is 13.1. The predicted octanol–water partition coefficient (Wildman–Crippen LogP) is -0.593. The molecular formula is C7H13FN2O2. The molecule has 0 saturated carbocycles. The minimum atomic E-state index is -1.36. The monoisotopic (exact) mass is 176 g/mol. The number of amides is 1. The van der Waals surface area contributed by atoms with Crippen LogP contribution in [0, 0.1) is 0 Å². The molecule has 1 heterocycles. The average molecular weight is 176 g/mol. The second-order valence-corrected chi connectivity index (χ2v) is 2.74. The molecule has 0 aliphatic carbocycles. The standard InChI is InChI=1S/C7H13FN2O2/c1-5(11)10-7(8)6-4-12-3-2-9-6/h6-7,9H,2-4H2,1H3,(H,10,11). The van der Waals surface area contributed by atoms with Crippen LogP contribution in [-0.2, 0) is 9.53 Å². The lowest BCUT2D eigenvalue weighted by Gasteiger charge is -2.26.